The van der Waals surface area contributed by atoms with E-state index in [-0.39, 0.29) is 27.9 Å². The number of hydrogen-bond donors (Lipinski definition) is 3. The number of pyridine rings is 2. The van der Waals surface area contributed by atoms with Crippen LogP contribution in [0.25, 0.3) is 11.0 Å². The van der Waals surface area contributed by atoms with E-state index in [0.717, 1.165) is 0 Å². The van der Waals surface area contributed by atoms with Crippen LogP contribution < -0.4 is 16.3 Å². The van der Waals surface area contributed by atoms with Crippen molar-refractivity contribution >= 4 is 45.0 Å². The number of aromatic nitrogens is 2. The van der Waals surface area contributed by atoms with Crippen molar-refractivity contribution in [3.8, 4) is 0 Å². The molecule has 0 unspecified atom stereocenters. The van der Waals surface area contributed by atoms with Crippen molar-refractivity contribution in [2.24, 2.45) is 14.1 Å². The van der Waals surface area contributed by atoms with Gasteiger partial charge in [-0.05, 0) is 40.8 Å². The Morgan fingerprint density at radius 3 is 2.56 bits per heavy atom. The van der Waals surface area contributed by atoms with Crippen molar-refractivity contribution in [2.75, 3.05) is 11.9 Å². The Hall–Kier alpha value is -2.24. The van der Waals surface area contributed by atoms with Gasteiger partial charge in [0, 0.05) is 35.5 Å². The number of aliphatic hydroxyl groups excluding tert-OH is 2. The van der Waals surface area contributed by atoms with Gasteiger partial charge in [0.25, 0.3) is 5.56 Å². The number of hydrogen-bond acceptors (Lipinski definition) is 5. The highest BCUT2D eigenvalue weighted by Crippen LogP contribution is 2.26. The third-order valence-corrected chi connectivity index (χ3v) is 4.97. The van der Waals surface area contributed by atoms with E-state index in [1.54, 1.807) is 13.1 Å². The first kappa shape index (κ1) is 19.5. The molecule has 0 saturated heterocycles. The van der Waals surface area contributed by atoms with E-state index in [1.165, 1.54) is 40.6 Å². The van der Waals surface area contributed by atoms with Crippen LogP contribution in [-0.2, 0) is 14.1 Å². The van der Waals surface area contributed by atoms with Crippen molar-refractivity contribution in [3.05, 3.63) is 66.0 Å². The Balaban J connectivity index is 2.35. The van der Waals surface area contributed by atoms with Crippen molar-refractivity contribution in [1.29, 1.82) is 0 Å². The molecule has 0 amide bonds. The quantitative estimate of drug-likeness (QED) is 0.490. The highest BCUT2D eigenvalue weighted by molar-refractivity contribution is 14.1. The maximum Gasteiger partial charge on any atom is 0.253 e. The number of anilines is 2. The third-order valence-electron chi connectivity index (χ3n) is 4.30. The van der Waals surface area contributed by atoms with Gasteiger partial charge in [0.15, 0.2) is 5.43 Å². The second kappa shape index (κ2) is 7.41. The minimum absolute atomic E-state index is 0.0164. The molecule has 0 bridgehead atoms. The van der Waals surface area contributed by atoms with E-state index in [1.807, 2.05) is 22.6 Å². The first-order chi connectivity index (χ1) is 12.7. The van der Waals surface area contributed by atoms with Crippen molar-refractivity contribution < 1.29 is 14.6 Å². The fourth-order valence-electron chi connectivity index (χ4n) is 2.96. The average Bonchev–Trinajstić information content (AvgIpc) is 2.62. The highest BCUT2D eigenvalue weighted by atomic mass is 127. The minimum atomic E-state index is -1.37. The number of nitrogens with zero attached hydrogens (tertiary/aromatic N) is 2. The van der Waals surface area contributed by atoms with Crippen LogP contribution in [0.1, 0.15) is 11.7 Å². The number of fused-ring (bicyclic) bond motifs is 1. The third kappa shape index (κ3) is 3.49. The summed E-state index contributed by atoms with van der Waals surface area (Å²) in [5.74, 6) is -0.529. The number of halogens is 2. The Morgan fingerprint density at radius 1 is 1.22 bits per heavy atom. The summed E-state index contributed by atoms with van der Waals surface area (Å²) in [7, 11) is 3.13. The Labute approximate surface area is 166 Å². The topological polar surface area (TPSA) is 96.5 Å². The zero-order valence-corrected chi connectivity index (χ0v) is 16.7. The van der Waals surface area contributed by atoms with E-state index in [0.29, 0.717) is 9.22 Å². The van der Waals surface area contributed by atoms with Crippen molar-refractivity contribution in [2.45, 2.75) is 6.10 Å². The molecule has 0 aliphatic carbocycles. The zero-order chi connectivity index (χ0) is 19.9. The zero-order valence-electron chi connectivity index (χ0n) is 14.5. The number of aliphatic hydroxyl groups is 2. The van der Waals surface area contributed by atoms with Crippen LogP contribution in [0, 0.1) is 9.39 Å². The second-order valence-corrected chi connectivity index (χ2v) is 7.37. The van der Waals surface area contributed by atoms with Gasteiger partial charge in [-0.3, -0.25) is 14.2 Å². The number of rotatable bonds is 4. The second-order valence-electron chi connectivity index (χ2n) is 6.13. The normalized spacial score (nSPS) is 12.4. The molecule has 9 heteroatoms. The van der Waals surface area contributed by atoms with Crippen LogP contribution in [0.3, 0.4) is 0 Å². The number of benzene rings is 1. The van der Waals surface area contributed by atoms with Gasteiger partial charge in [-0.25, -0.2) is 4.39 Å². The molecule has 0 spiro atoms. The molecular formula is C18H17FIN3O4. The molecule has 3 aromatic rings. The molecule has 142 valence electrons. The maximum absolute atomic E-state index is 14.3. The SMILES string of the molecule is Cn1cc([C@H](O)CO)c(=O)c2c(Nc3ccc(I)cc3F)cc(=O)n(C)c21. The first-order valence-electron chi connectivity index (χ1n) is 7.99. The molecule has 27 heavy (non-hydrogen) atoms. The van der Waals surface area contributed by atoms with Gasteiger partial charge in [-0.1, -0.05) is 0 Å². The summed E-state index contributed by atoms with van der Waals surface area (Å²) in [6.07, 6.45) is 0.00785. The summed E-state index contributed by atoms with van der Waals surface area (Å²) in [6, 6.07) is 5.73. The summed E-state index contributed by atoms with van der Waals surface area (Å²) in [6.45, 7) is -0.624. The van der Waals surface area contributed by atoms with E-state index >= 15 is 0 Å². The molecule has 1 atom stereocenters. The molecule has 2 heterocycles. The maximum atomic E-state index is 14.3. The molecule has 7 nitrogen and oxygen atoms in total. The summed E-state index contributed by atoms with van der Waals surface area (Å²) in [5.41, 5.74) is -0.414. The van der Waals surface area contributed by atoms with Crippen LogP contribution in [-0.4, -0.2) is 26.0 Å². The lowest BCUT2D eigenvalue weighted by Gasteiger charge is -2.17. The van der Waals surface area contributed by atoms with E-state index in [9.17, 15) is 24.2 Å². The molecule has 0 saturated carbocycles. The van der Waals surface area contributed by atoms with E-state index in [2.05, 4.69) is 5.32 Å². The summed E-state index contributed by atoms with van der Waals surface area (Å²) in [4.78, 5) is 25.3. The minimum Gasteiger partial charge on any atom is -0.393 e. The smallest absolute Gasteiger partial charge is 0.253 e. The average molecular weight is 485 g/mol. The molecular weight excluding hydrogens is 468 g/mol. The fourth-order valence-corrected chi connectivity index (χ4v) is 3.42. The lowest BCUT2D eigenvalue weighted by Crippen LogP contribution is -2.26. The predicted molar refractivity (Wildman–Crippen MR) is 109 cm³/mol. The Morgan fingerprint density at radius 2 is 1.93 bits per heavy atom. The Bertz CT molecular complexity index is 1160. The van der Waals surface area contributed by atoms with E-state index in [4.69, 9.17) is 0 Å². The summed E-state index contributed by atoms with van der Waals surface area (Å²) in [5, 5.41) is 22.1. The predicted octanol–water partition coefficient (Wildman–Crippen LogP) is 1.75. The van der Waals surface area contributed by atoms with Crippen LogP contribution in [0.2, 0.25) is 0 Å². The van der Waals surface area contributed by atoms with Gasteiger partial charge in [0.2, 0.25) is 0 Å². The fraction of sp³-hybridized carbons (Fsp3) is 0.222. The molecule has 1 aromatic carbocycles. The van der Waals surface area contributed by atoms with Crippen molar-refractivity contribution in [3.63, 3.8) is 0 Å². The largest absolute Gasteiger partial charge is 0.393 e. The molecule has 2 aromatic heterocycles. The first-order valence-corrected chi connectivity index (χ1v) is 9.06. The van der Waals surface area contributed by atoms with Gasteiger partial charge < -0.3 is 20.1 Å². The Kier molecular flexibility index (Phi) is 5.36. The molecule has 3 rings (SSSR count). The van der Waals surface area contributed by atoms with Gasteiger partial charge in [0.1, 0.15) is 17.6 Å². The molecule has 0 aliphatic heterocycles. The van der Waals surface area contributed by atoms with Crippen LogP contribution >= 0.6 is 22.6 Å². The van der Waals surface area contributed by atoms with E-state index < -0.39 is 24.0 Å². The molecule has 0 fully saturated rings. The lowest BCUT2D eigenvalue weighted by molar-refractivity contribution is 0.0945. The summed E-state index contributed by atoms with van der Waals surface area (Å²) >= 11 is 1.98. The monoisotopic (exact) mass is 485 g/mol. The van der Waals surface area contributed by atoms with Gasteiger partial charge in [-0.2, -0.15) is 0 Å². The van der Waals surface area contributed by atoms with Gasteiger partial charge >= 0.3 is 0 Å². The van der Waals surface area contributed by atoms with Gasteiger partial charge in [-0.15, -0.1) is 0 Å². The lowest BCUT2D eigenvalue weighted by atomic mass is 10.1. The van der Waals surface area contributed by atoms with Gasteiger partial charge in [0.05, 0.1) is 23.4 Å². The standard InChI is InChI=1S/C18H17FIN3O4/c1-22-7-10(14(25)8-24)17(27)16-13(6-15(26)23(2)18(16)22)21-12-4-3-9(20)5-11(12)19/h3-7,14,21,24-25H,8H2,1-2H3/t14-/m1/s1. The van der Waals surface area contributed by atoms with Crippen LogP contribution in [0.4, 0.5) is 15.8 Å². The van der Waals surface area contributed by atoms with Crippen LogP contribution in [0.15, 0.2) is 40.1 Å². The number of nitrogens with one attached hydrogen (secondary N) is 1. The molecule has 0 aliphatic rings. The number of aryl methyl sites for hydroxylation is 2. The summed E-state index contributed by atoms with van der Waals surface area (Å²) < 4.78 is 17.8. The van der Waals surface area contributed by atoms with Crippen molar-refractivity contribution in [1.82, 2.24) is 9.13 Å². The highest BCUT2D eigenvalue weighted by Gasteiger charge is 2.20. The molecule has 3 N–H and O–H groups in total. The molecule has 0 radical (unpaired) electrons. The van der Waals surface area contributed by atoms with Crippen LogP contribution in [0.5, 0.6) is 0 Å².